The number of nitrogens with one attached hydrogen (secondary N) is 1. The Labute approximate surface area is 181 Å². The lowest BCUT2D eigenvalue weighted by atomic mass is 10.0. The molecule has 174 valence electrons. The van der Waals surface area contributed by atoms with Gasteiger partial charge in [-0.1, -0.05) is 12.1 Å². The predicted octanol–water partition coefficient (Wildman–Crippen LogP) is 5.51. The van der Waals surface area contributed by atoms with Crippen molar-refractivity contribution in [2.45, 2.75) is 38.2 Å². The van der Waals surface area contributed by atoms with Crippen LogP contribution in [-0.2, 0) is 6.18 Å². The molecule has 1 aliphatic rings. The number of alkyl halides is 6. The van der Waals surface area contributed by atoms with Crippen LogP contribution in [0.25, 0.3) is 0 Å². The zero-order valence-corrected chi connectivity index (χ0v) is 17.3. The molecule has 1 saturated heterocycles. The summed E-state index contributed by atoms with van der Waals surface area (Å²) < 4.78 is 78.3. The first-order valence-electron chi connectivity index (χ1n) is 9.89. The minimum Gasteiger partial charge on any atom is -0.352 e. The van der Waals surface area contributed by atoms with E-state index in [1.165, 1.54) is 46.3 Å². The number of aromatic nitrogens is 1. The number of amides is 2. The summed E-state index contributed by atoms with van der Waals surface area (Å²) in [6, 6.07) is 6.67. The van der Waals surface area contributed by atoms with Gasteiger partial charge in [0.05, 0.1) is 11.5 Å². The van der Waals surface area contributed by atoms with Crippen LogP contribution in [0.3, 0.4) is 0 Å². The summed E-state index contributed by atoms with van der Waals surface area (Å²) in [4.78, 5) is 19.5. The molecule has 2 aromatic rings. The van der Waals surface area contributed by atoms with Gasteiger partial charge in [-0.2, -0.15) is 26.3 Å². The van der Waals surface area contributed by atoms with E-state index in [0.29, 0.717) is 5.69 Å². The number of halogens is 6. The van der Waals surface area contributed by atoms with Gasteiger partial charge in [-0.05, 0) is 43.7 Å². The number of pyridine rings is 1. The van der Waals surface area contributed by atoms with E-state index in [0.717, 1.165) is 13.0 Å². The van der Waals surface area contributed by atoms with Gasteiger partial charge in [0.25, 0.3) is 0 Å². The van der Waals surface area contributed by atoms with E-state index in [9.17, 15) is 31.1 Å². The molecule has 1 aromatic heterocycles. The minimum atomic E-state index is -4.54. The molecule has 0 radical (unpaired) electrons. The third-order valence-corrected chi connectivity index (χ3v) is 5.43. The maximum atomic E-state index is 13.3. The lowest BCUT2D eigenvalue weighted by Gasteiger charge is -2.40. The summed E-state index contributed by atoms with van der Waals surface area (Å²) in [6.07, 6.45) is -7.62. The van der Waals surface area contributed by atoms with E-state index < -0.39 is 35.9 Å². The number of hydrogen-bond acceptors (Lipinski definition) is 3. The fourth-order valence-corrected chi connectivity index (χ4v) is 3.56. The molecule has 0 saturated carbocycles. The van der Waals surface area contributed by atoms with E-state index in [4.69, 9.17) is 0 Å². The highest BCUT2D eigenvalue weighted by Gasteiger charge is 2.38. The smallest absolute Gasteiger partial charge is 0.352 e. The molecular weight excluding hydrogens is 438 g/mol. The third-order valence-electron chi connectivity index (χ3n) is 5.43. The molecule has 0 spiro atoms. The lowest BCUT2D eigenvalue weighted by Crippen LogP contribution is -2.55. The van der Waals surface area contributed by atoms with Crippen molar-refractivity contribution >= 4 is 17.5 Å². The fourth-order valence-electron chi connectivity index (χ4n) is 3.56. The van der Waals surface area contributed by atoms with E-state index in [2.05, 4.69) is 10.3 Å². The van der Waals surface area contributed by atoms with Crippen LogP contribution in [-0.4, -0.2) is 47.8 Å². The Morgan fingerprint density at radius 3 is 2.31 bits per heavy atom. The lowest BCUT2D eigenvalue weighted by molar-refractivity contribution is -0.146. The van der Waals surface area contributed by atoms with E-state index in [-0.39, 0.29) is 31.0 Å². The summed E-state index contributed by atoms with van der Waals surface area (Å²) in [5.41, 5.74) is -0.432. The number of hydrogen-bond donors (Lipinski definition) is 1. The Balaban J connectivity index is 1.65. The van der Waals surface area contributed by atoms with Crippen molar-refractivity contribution in [2.24, 2.45) is 0 Å². The molecule has 5 nitrogen and oxygen atoms in total. The van der Waals surface area contributed by atoms with E-state index >= 15 is 0 Å². The van der Waals surface area contributed by atoms with Gasteiger partial charge in [0, 0.05) is 37.6 Å². The Kier molecular flexibility index (Phi) is 6.56. The summed E-state index contributed by atoms with van der Waals surface area (Å²) in [6.45, 7) is 3.22. The molecule has 3 rings (SSSR count). The maximum Gasteiger partial charge on any atom is 0.419 e. The molecule has 32 heavy (non-hydrogen) atoms. The zero-order chi connectivity index (χ0) is 23.7. The van der Waals surface area contributed by atoms with E-state index in [1.807, 2.05) is 0 Å². The van der Waals surface area contributed by atoms with Gasteiger partial charge >= 0.3 is 18.4 Å². The monoisotopic (exact) mass is 460 g/mol. The predicted molar refractivity (Wildman–Crippen MR) is 108 cm³/mol. The van der Waals surface area contributed by atoms with Gasteiger partial charge in [-0.3, -0.25) is 0 Å². The standard InChI is InChI=1S/C21H22F6N4O/c1-13-12-30(18-17(21(25,26)27)4-3-9-28-18)10-11-31(13)19(32)29-16-7-5-15(6-8-16)14(2)20(22,23)24/h3-9,13-14H,10-12H2,1-2H3,(H,29,32). The van der Waals surface area contributed by atoms with Crippen molar-refractivity contribution in [3.8, 4) is 0 Å². The molecule has 0 aliphatic carbocycles. The SMILES string of the molecule is CC1CN(c2ncccc2C(F)(F)F)CCN1C(=O)Nc1ccc(C(C)C(F)(F)F)cc1. The molecule has 1 aliphatic heterocycles. The highest BCUT2D eigenvalue weighted by atomic mass is 19.4. The number of anilines is 2. The van der Waals surface area contributed by atoms with E-state index in [1.54, 1.807) is 6.92 Å². The molecule has 2 unspecified atom stereocenters. The van der Waals surface area contributed by atoms with Crippen molar-refractivity contribution in [1.29, 1.82) is 0 Å². The normalized spacial score (nSPS) is 18.4. The highest BCUT2D eigenvalue weighted by Crippen LogP contribution is 2.36. The molecule has 2 atom stereocenters. The number of nitrogens with zero attached hydrogens (tertiary/aromatic N) is 3. The molecule has 11 heteroatoms. The van der Waals surface area contributed by atoms with Crippen LogP contribution < -0.4 is 10.2 Å². The van der Waals surface area contributed by atoms with Crippen molar-refractivity contribution in [3.05, 3.63) is 53.7 Å². The first-order valence-corrected chi connectivity index (χ1v) is 9.89. The topological polar surface area (TPSA) is 48.5 Å². The molecule has 2 amide bonds. The second kappa shape index (κ2) is 8.87. The van der Waals surface area contributed by atoms with Crippen LogP contribution in [0.5, 0.6) is 0 Å². The zero-order valence-electron chi connectivity index (χ0n) is 17.3. The van der Waals surface area contributed by atoms with Crippen LogP contribution >= 0.6 is 0 Å². The van der Waals surface area contributed by atoms with Gasteiger partial charge in [0.15, 0.2) is 0 Å². The average molecular weight is 460 g/mol. The Hall–Kier alpha value is -2.98. The quantitative estimate of drug-likeness (QED) is 0.615. The second-order valence-corrected chi connectivity index (χ2v) is 7.68. The van der Waals surface area contributed by atoms with Gasteiger partial charge in [-0.25, -0.2) is 9.78 Å². The maximum absolute atomic E-state index is 13.3. The molecular formula is C21H22F6N4O. The summed E-state index contributed by atoms with van der Waals surface area (Å²) in [7, 11) is 0. The number of rotatable bonds is 3. The van der Waals surface area contributed by atoms with Crippen LogP contribution in [0.15, 0.2) is 42.6 Å². The van der Waals surface area contributed by atoms with Crippen LogP contribution in [0.1, 0.15) is 30.9 Å². The molecule has 1 N–H and O–H groups in total. The second-order valence-electron chi connectivity index (χ2n) is 7.68. The average Bonchev–Trinajstić information content (AvgIpc) is 2.72. The Morgan fingerprint density at radius 1 is 1.09 bits per heavy atom. The number of piperazine rings is 1. The number of carbonyl (C=O) groups is 1. The third kappa shape index (κ3) is 5.25. The number of urea groups is 1. The van der Waals surface area contributed by atoms with Gasteiger partial charge < -0.3 is 15.1 Å². The van der Waals surface area contributed by atoms with Crippen molar-refractivity contribution in [2.75, 3.05) is 29.9 Å². The number of benzene rings is 1. The highest BCUT2D eigenvalue weighted by molar-refractivity contribution is 5.89. The summed E-state index contributed by atoms with van der Waals surface area (Å²) in [5, 5.41) is 2.63. The van der Waals surface area contributed by atoms with Crippen LogP contribution in [0.4, 0.5) is 42.6 Å². The molecule has 1 aromatic carbocycles. The first kappa shape index (κ1) is 23.7. The summed E-state index contributed by atoms with van der Waals surface area (Å²) >= 11 is 0. The van der Waals surface area contributed by atoms with Crippen molar-refractivity contribution < 1.29 is 31.1 Å². The van der Waals surface area contributed by atoms with Crippen LogP contribution in [0.2, 0.25) is 0 Å². The van der Waals surface area contributed by atoms with Crippen molar-refractivity contribution in [1.82, 2.24) is 9.88 Å². The fraction of sp³-hybridized carbons (Fsp3) is 0.429. The van der Waals surface area contributed by atoms with Crippen LogP contribution in [0, 0.1) is 0 Å². The number of carbonyl (C=O) groups excluding carboxylic acids is 1. The summed E-state index contributed by atoms with van der Waals surface area (Å²) in [5.74, 6) is -1.81. The molecule has 0 bridgehead atoms. The largest absolute Gasteiger partial charge is 0.419 e. The van der Waals surface area contributed by atoms with Gasteiger partial charge in [0.2, 0.25) is 0 Å². The van der Waals surface area contributed by atoms with Gasteiger partial charge in [-0.15, -0.1) is 0 Å². The minimum absolute atomic E-state index is 0.0771. The van der Waals surface area contributed by atoms with Crippen molar-refractivity contribution in [3.63, 3.8) is 0 Å². The van der Waals surface area contributed by atoms with Gasteiger partial charge in [0.1, 0.15) is 5.82 Å². The Bertz CT molecular complexity index is 945. The molecule has 2 heterocycles. The molecule has 1 fully saturated rings. The first-order chi connectivity index (χ1) is 14.9. The Morgan fingerprint density at radius 2 is 1.75 bits per heavy atom.